The summed E-state index contributed by atoms with van der Waals surface area (Å²) in [6.07, 6.45) is 0. The first-order valence-electron chi connectivity index (χ1n) is 4.53. The van der Waals surface area contributed by atoms with Crippen LogP contribution >= 0.6 is 8.25 Å². The Kier molecular flexibility index (Phi) is 8.80. The lowest BCUT2D eigenvalue weighted by Crippen LogP contribution is -2.04. The van der Waals surface area contributed by atoms with Crippen LogP contribution in [0, 0.1) is 0 Å². The zero-order valence-corrected chi connectivity index (χ0v) is 10.8. The predicted octanol–water partition coefficient (Wildman–Crippen LogP) is 1.45. The number of rotatable bonds is 8. The Morgan fingerprint density at radius 3 is 1.69 bits per heavy atom. The fourth-order valence-corrected chi connectivity index (χ4v) is 1.47. The first-order chi connectivity index (χ1) is 7.60. The molecule has 0 saturated carbocycles. The van der Waals surface area contributed by atoms with Crippen molar-refractivity contribution in [1.29, 1.82) is 0 Å². The molecule has 0 N–H and O–H groups in total. The van der Waals surface area contributed by atoms with Crippen LogP contribution in [-0.4, -0.2) is 38.9 Å². The molecule has 0 radical (unpaired) electrons. The van der Waals surface area contributed by atoms with Gasteiger partial charge in [-0.3, -0.25) is 4.57 Å². The predicted molar refractivity (Wildman–Crippen MR) is 61.1 cm³/mol. The van der Waals surface area contributed by atoms with E-state index in [1.807, 2.05) is 0 Å². The van der Waals surface area contributed by atoms with Gasteiger partial charge in [-0.25, -0.2) is 0 Å². The first-order valence-corrected chi connectivity index (χ1v) is 5.75. The number of hydrogen-bond donors (Lipinski definition) is 0. The summed E-state index contributed by atoms with van der Waals surface area (Å²) >= 11 is 0. The highest BCUT2D eigenvalue weighted by molar-refractivity contribution is 7.33. The second kappa shape index (κ2) is 9.33. The first kappa shape index (κ1) is 15.1. The largest absolute Gasteiger partial charge is 0.399 e. The van der Waals surface area contributed by atoms with Crippen molar-refractivity contribution in [3.05, 3.63) is 0 Å². The molecule has 0 bridgehead atoms. The molecule has 0 spiro atoms. The molecule has 0 aliphatic carbocycles. The normalized spacial score (nSPS) is 14.8. The van der Waals surface area contributed by atoms with E-state index < -0.39 is 8.25 Å². The summed E-state index contributed by atoms with van der Waals surface area (Å²) in [6, 6.07) is 0. The average Bonchev–Trinajstić information content (AvgIpc) is 2.24. The Labute approximate surface area is 95.3 Å². The van der Waals surface area contributed by atoms with E-state index in [0.29, 0.717) is 11.4 Å². The van der Waals surface area contributed by atoms with Gasteiger partial charge in [0.15, 0.2) is 0 Å². The van der Waals surface area contributed by atoms with Gasteiger partial charge in [-0.2, -0.15) is 0 Å². The summed E-state index contributed by atoms with van der Waals surface area (Å²) in [6.45, 7) is 3.59. The van der Waals surface area contributed by atoms with Gasteiger partial charge < -0.3 is 18.7 Å². The third kappa shape index (κ3) is 8.40. The molecule has 0 aromatic heterocycles. The summed E-state index contributed by atoms with van der Waals surface area (Å²) in [5.74, 6) is 0. The lowest BCUT2D eigenvalue weighted by atomic mass is 10.5. The van der Waals surface area contributed by atoms with E-state index in [9.17, 15) is 4.57 Å². The third-order valence-corrected chi connectivity index (χ3v) is 2.05. The van der Waals surface area contributed by atoms with Gasteiger partial charge in [0.25, 0.3) is 0 Å². The molecule has 7 nitrogen and oxygen atoms in total. The maximum atomic E-state index is 11.2. The zero-order valence-electron chi connectivity index (χ0n) is 9.85. The van der Waals surface area contributed by atoms with Gasteiger partial charge in [-0.05, 0) is 13.8 Å². The second-order valence-corrected chi connectivity index (χ2v) is 3.92. The van der Waals surface area contributed by atoms with Crippen molar-refractivity contribution in [3.8, 4) is 0 Å². The Balaban J connectivity index is 3.75. The van der Waals surface area contributed by atoms with Crippen molar-refractivity contribution in [1.82, 2.24) is 0 Å². The van der Waals surface area contributed by atoms with Crippen molar-refractivity contribution in [2.75, 3.05) is 27.4 Å². The molecule has 94 valence electrons. The van der Waals surface area contributed by atoms with Gasteiger partial charge in [0.1, 0.15) is 14.2 Å². The van der Waals surface area contributed by atoms with Crippen molar-refractivity contribution in [2.45, 2.75) is 13.8 Å². The van der Waals surface area contributed by atoms with E-state index in [2.05, 4.69) is 20.0 Å². The molecule has 0 saturated heterocycles. The number of hydrogen-bond acceptors (Lipinski definition) is 7. The van der Waals surface area contributed by atoms with E-state index in [1.165, 1.54) is 14.2 Å². The minimum atomic E-state index is -2.54. The highest BCUT2D eigenvalue weighted by Crippen LogP contribution is 2.23. The summed E-state index contributed by atoms with van der Waals surface area (Å²) in [5, 5.41) is 7.18. The molecular weight excluding hydrogens is 235 g/mol. The molecule has 0 aliphatic heterocycles. The van der Waals surface area contributed by atoms with E-state index in [0.717, 1.165) is 0 Å². The molecular formula is C8H17N2O5P. The van der Waals surface area contributed by atoms with Gasteiger partial charge in [0.2, 0.25) is 0 Å². The van der Waals surface area contributed by atoms with Gasteiger partial charge in [-0.1, -0.05) is 10.3 Å². The van der Waals surface area contributed by atoms with Crippen LogP contribution in [0.3, 0.4) is 0 Å². The van der Waals surface area contributed by atoms with Gasteiger partial charge in [0.05, 0.1) is 24.6 Å². The topological polar surface area (TPSA) is 78.7 Å². The Hall–Kier alpha value is -0.910. The lowest BCUT2D eigenvalue weighted by molar-refractivity contribution is 0.205. The van der Waals surface area contributed by atoms with E-state index in [1.54, 1.807) is 13.8 Å². The van der Waals surface area contributed by atoms with Crippen molar-refractivity contribution >= 4 is 19.7 Å². The monoisotopic (exact) mass is 252 g/mol. The second-order valence-electron chi connectivity index (χ2n) is 2.85. The molecule has 0 aromatic carbocycles. The summed E-state index contributed by atoms with van der Waals surface area (Å²) in [4.78, 5) is 9.01. The van der Waals surface area contributed by atoms with E-state index in [4.69, 9.17) is 9.05 Å². The quantitative estimate of drug-likeness (QED) is 0.371. The standard InChI is InChI=1S/C8H17N2O5P/c1-7(9-12-3)5-14-16(11)15-6-8(2)10-13-4/h16H,5-6H2,1-4H3/b9-7+,10-8+. The van der Waals surface area contributed by atoms with Crippen molar-refractivity contribution in [3.63, 3.8) is 0 Å². The third-order valence-electron chi connectivity index (χ3n) is 1.29. The molecule has 0 atom stereocenters. The van der Waals surface area contributed by atoms with Gasteiger partial charge >= 0.3 is 8.25 Å². The van der Waals surface area contributed by atoms with E-state index in [-0.39, 0.29) is 13.2 Å². The molecule has 0 aromatic rings. The van der Waals surface area contributed by atoms with Crippen LogP contribution < -0.4 is 0 Å². The van der Waals surface area contributed by atoms with Crippen LogP contribution in [-0.2, 0) is 23.3 Å². The van der Waals surface area contributed by atoms with Crippen molar-refractivity contribution in [2.24, 2.45) is 10.3 Å². The summed E-state index contributed by atoms with van der Waals surface area (Å²) < 4.78 is 21.0. The van der Waals surface area contributed by atoms with Gasteiger partial charge in [-0.15, -0.1) is 0 Å². The molecule has 8 heteroatoms. The van der Waals surface area contributed by atoms with Crippen LogP contribution in [0.15, 0.2) is 10.3 Å². The minimum absolute atomic E-state index is 0.103. The maximum Gasteiger partial charge on any atom is 0.319 e. The molecule has 16 heavy (non-hydrogen) atoms. The smallest absolute Gasteiger partial charge is 0.319 e. The van der Waals surface area contributed by atoms with Crippen molar-refractivity contribution < 1.29 is 23.3 Å². The highest BCUT2D eigenvalue weighted by atomic mass is 31.1. The fourth-order valence-electron chi connectivity index (χ4n) is 0.733. The van der Waals surface area contributed by atoms with Crippen LogP contribution in [0.2, 0.25) is 0 Å². The zero-order chi connectivity index (χ0) is 12.4. The highest BCUT2D eigenvalue weighted by Gasteiger charge is 2.02. The van der Waals surface area contributed by atoms with Crippen LogP contribution in [0.25, 0.3) is 0 Å². The minimum Gasteiger partial charge on any atom is -0.399 e. The Bertz CT molecular complexity index is 254. The van der Waals surface area contributed by atoms with Crippen LogP contribution in [0.1, 0.15) is 13.8 Å². The Morgan fingerprint density at radius 1 is 1.00 bits per heavy atom. The molecule has 0 aliphatic rings. The van der Waals surface area contributed by atoms with Crippen LogP contribution in [0.4, 0.5) is 0 Å². The number of oxime groups is 2. The number of nitrogens with zero attached hydrogens (tertiary/aromatic N) is 2. The maximum absolute atomic E-state index is 11.2. The van der Waals surface area contributed by atoms with Gasteiger partial charge in [0, 0.05) is 0 Å². The molecule has 0 rings (SSSR count). The fraction of sp³-hybridized carbons (Fsp3) is 0.750. The van der Waals surface area contributed by atoms with Crippen LogP contribution in [0.5, 0.6) is 0 Å². The SMILES string of the molecule is CO/N=C(\C)CO[PH](=O)OC/C(C)=N/OC. The lowest BCUT2D eigenvalue weighted by Gasteiger charge is -2.04. The van der Waals surface area contributed by atoms with E-state index >= 15 is 0 Å². The Morgan fingerprint density at radius 2 is 1.38 bits per heavy atom. The molecule has 0 fully saturated rings. The molecule has 0 heterocycles. The molecule has 0 amide bonds. The summed E-state index contributed by atoms with van der Waals surface area (Å²) in [7, 11) is 0.310. The molecule has 0 unspecified atom stereocenters. The summed E-state index contributed by atoms with van der Waals surface area (Å²) in [5.41, 5.74) is 1.15. The average molecular weight is 252 g/mol.